The average Bonchev–Trinajstić information content (AvgIpc) is 2.70. The largest absolute Gasteiger partial charge is 0.439 e. The Morgan fingerprint density at radius 2 is 1.68 bits per heavy atom. The molecule has 7 nitrogen and oxygen atoms in total. The maximum Gasteiger partial charge on any atom is 0.433 e. The lowest BCUT2D eigenvalue weighted by Gasteiger charge is -2.30. The maximum atomic E-state index is 13.3. The van der Waals surface area contributed by atoms with Gasteiger partial charge >= 0.3 is 18.2 Å². The number of ether oxygens (including phenoxy) is 2. The number of esters is 1. The summed E-state index contributed by atoms with van der Waals surface area (Å²) < 4.78 is 50.3. The number of alkyl halides is 3. The predicted molar refractivity (Wildman–Crippen MR) is 108 cm³/mol. The van der Waals surface area contributed by atoms with E-state index in [4.69, 9.17) is 15.2 Å². The summed E-state index contributed by atoms with van der Waals surface area (Å²) in [6.45, 7) is 2.57. The number of anilines is 1. The van der Waals surface area contributed by atoms with Crippen LogP contribution in [0.2, 0.25) is 0 Å². The zero-order chi connectivity index (χ0) is 23.1. The van der Waals surface area contributed by atoms with Crippen molar-refractivity contribution in [1.29, 1.82) is 0 Å². The van der Waals surface area contributed by atoms with E-state index in [0.29, 0.717) is 17.9 Å². The van der Waals surface area contributed by atoms with Crippen LogP contribution in [0.3, 0.4) is 0 Å². The number of nitrogens with zero attached hydrogens (tertiary/aromatic N) is 1. The van der Waals surface area contributed by atoms with E-state index >= 15 is 0 Å². The lowest BCUT2D eigenvalue weighted by molar-refractivity contribution is -0.137. The molecule has 3 N–H and O–H groups in total. The first-order chi connectivity index (χ1) is 14.5. The van der Waals surface area contributed by atoms with Gasteiger partial charge in [0.15, 0.2) is 12.5 Å². The number of para-hydroxylation sites is 1. The van der Waals surface area contributed by atoms with Crippen molar-refractivity contribution in [3.63, 3.8) is 0 Å². The van der Waals surface area contributed by atoms with Gasteiger partial charge in [-0.1, -0.05) is 43.7 Å². The van der Waals surface area contributed by atoms with Gasteiger partial charge in [-0.25, -0.2) is 9.59 Å². The summed E-state index contributed by atoms with van der Waals surface area (Å²) in [6.07, 6.45) is -4.86. The summed E-state index contributed by atoms with van der Waals surface area (Å²) in [5.74, 6) is -0.770. The van der Waals surface area contributed by atoms with E-state index in [0.717, 1.165) is 12.1 Å². The molecule has 0 bridgehead atoms. The van der Waals surface area contributed by atoms with Gasteiger partial charge in [-0.3, -0.25) is 11.2 Å². The molecule has 1 amide bonds. The molecule has 0 saturated heterocycles. The van der Waals surface area contributed by atoms with E-state index in [2.05, 4.69) is 5.43 Å². The molecule has 0 aromatic heterocycles. The topological polar surface area (TPSA) is 93.9 Å². The minimum atomic E-state index is -4.68. The Balaban J connectivity index is 2.24. The van der Waals surface area contributed by atoms with E-state index in [1.165, 1.54) is 31.2 Å². The zero-order valence-electron chi connectivity index (χ0n) is 17.1. The Bertz CT molecular complexity index is 889. The molecule has 0 saturated carbocycles. The number of hydrogen-bond acceptors (Lipinski definition) is 6. The molecule has 0 aliphatic carbocycles. The van der Waals surface area contributed by atoms with Crippen molar-refractivity contribution in [2.75, 3.05) is 12.2 Å². The van der Waals surface area contributed by atoms with Crippen LogP contribution in [0, 0.1) is 0 Å². The number of benzene rings is 2. The monoisotopic (exact) mass is 439 g/mol. The number of hydrogen-bond donors (Lipinski definition) is 2. The predicted octanol–water partition coefficient (Wildman–Crippen LogP) is 4.76. The number of nitrogens with one attached hydrogen (secondary N) is 1. The summed E-state index contributed by atoms with van der Waals surface area (Å²) in [6, 6.07) is 12.5. The van der Waals surface area contributed by atoms with Gasteiger partial charge in [0.05, 0.1) is 16.8 Å². The van der Waals surface area contributed by atoms with Crippen LogP contribution in [0.1, 0.15) is 42.6 Å². The molecule has 2 aromatic rings. The van der Waals surface area contributed by atoms with Gasteiger partial charge in [0, 0.05) is 6.42 Å². The van der Waals surface area contributed by atoms with Gasteiger partial charge in [0.2, 0.25) is 0 Å². The normalized spacial score (nSPS) is 13.1. The highest BCUT2D eigenvalue weighted by Gasteiger charge is 2.35. The number of carbonyl (C=O) groups is 2. The smallest absolute Gasteiger partial charge is 0.433 e. The fourth-order valence-corrected chi connectivity index (χ4v) is 2.69. The molecular weight excluding hydrogens is 415 g/mol. The molecule has 0 heterocycles. The maximum absolute atomic E-state index is 13.3. The molecule has 0 spiro atoms. The SMILES string of the molecule is CCCC(C)(N)OC(=O)N(COC(=O)c1ccccc1)Nc1ccccc1C(F)(F)F. The van der Waals surface area contributed by atoms with Crippen LogP contribution in [-0.2, 0) is 15.7 Å². The van der Waals surface area contributed by atoms with Crippen molar-refractivity contribution in [1.82, 2.24) is 5.01 Å². The summed E-state index contributed by atoms with van der Waals surface area (Å²) >= 11 is 0. The molecule has 168 valence electrons. The van der Waals surface area contributed by atoms with Crippen LogP contribution in [0.4, 0.5) is 23.7 Å². The third-order valence-corrected chi connectivity index (χ3v) is 4.11. The molecule has 1 unspecified atom stereocenters. The lowest BCUT2D eigenvalue weighted by atomic mass is 10.1. The second kappa shape index (κ2) is 10.2. The van der Waals surface area contributed by atoms with E-state index in [1.807, 2.05) is 6.92 Å². The standard InChI is InChI=1S/C21H24F3N3O4/c1-3-13-20(2,25)31-19(29)27(14-30-18(28)15-9-5-4-6-10-15)26-17-12-8-7-11-16(17)21(22,23)24/h4-12,26H,3,13-14,25H2,1-2H3. The number of nitrogens with two attached hydrogens (primary N) is 1. The zero-order valence-corrected chi connectivity index (χ0v) is 17.1. The first kappa shape index (κ1) is 24.0. The van der Waals surface area contributed by atoms with Crippen LogP contribution in [0.5, 0.6) is 0 Å². The number of halogens is 3. The summed E-state index contributed by atoms with van der Waals surface area (Å²) in [5.41, 5.74) is 5.67. The number of rotatable bonds is 8. The minimum Gasteiger partial charge on any atom is -0.439 e. The van der Waals surface area contributed by atoms with Gasteiger partial charge in [-0.2, -0.15) is 18.2 Å². The van der Waals surface area contributed by atoms with Crippen molar-refractivity contribution >= 4 is 17.7 Å². The molecule has 0 aliphatic rings. The van der Waals surface area contributed by atoms with Crippen molar-refractivity contribution in [2.45, 2.75) is 38.6 Å². The van der Waals surface area contributed by atoms with E-state index < -0.39 is 41.9 Å². The van der Waals surface area contributed by atoms with Gasteiger partial charge in [-0.15, -0.1) is 0 Å². The van der Waals surface area contributed by atoms with Crippen molar-refractivity contribution in [2.24, 2.45) is 5.73 Å². The molecule has 0 radical (unpaired) electrons. The van der Waals surface area contributed by atoms with Crippen LogP contribution >= 0.6 is 0 Å². The van der Waals surface area contributed by atoms with E-state index in [-0.39, 0.29) is 5.56 Å². The highest BCUT2D eigenvalue weighted by atomic mass is 19.4. The third kappa shape index (κ3) is 7.18. The first-order valence-electron chi connectivity index (χ1n) is 9.48. The third-order valence-electron chi connectivity index (χ3n) is 4.11. The average molecular weight is 439 g/mol. The Hall–Kier alpha value is -3.27. The van der Waals surface area contributed by atoms with E-state index in [9.17, 15) is 22.8 Å². The molecule has 2 rings (SSSR count). The highest BCUT2D eigenvalue weighted by Crippen LogP contribution is 2.34. The molecule has 10 heteroatoms. The minimum absolute atomic E-state index is 0.209. The quantitative estimate of drug-likeness (QED) is 0.350. The van der Waals surface area contributed by atoms with Gasteiger partial charge < -0.3 is 9.47 Å². The Labute approximate surface area is 177 Å². The molecule has 0 fully saturated rings. The van der Waals surface area contributed by atoms with Crippen molar-refractivity contribution in [3.05, 3.63) is 65.7 Å². The van der Waals surface area contributed by atoms with Crippen molar-refractivity contribution < 1.29 is 32.2 Å². The first-order valence-corrected chi connectivity index (χ1v) is 9.48. The van der Waals surface area contributed by atoms with Crippen LogP contribution in [0.15, 0.2) is 54.6 Å². The molecular formula is C21H24F3N3O4. The van der Waals surface area contributed by atoms with Gasteiger partial charge in [0.25, 0.3) is 0 Å². The molecule has 31 heavy (non-hydrogen) atoms. The summed E-state index contributed by atoms with van der Waals surface area (Å²) in [5, 5.41) is 0.617. The van der Waals surface area contributed by atoms with Crippen molar-refractivity contribution in [3.8, 4) is 0 Å². The lowest BCUT2D eigenvalue weighted by Crippen LogP contribution is -2.48. The fourth-order valence-electron chi connectivity index (χ4n) is 2.69. The Morgan fingerprint density at radius 3 is 2.29 bits per heavy atom. The van der Waals surface area contributed by atoms with Gasteiger partial charge in [-0.05, 0) is 31.2 Å². The number of amides is 1. The molecule has 1 atom stereocenters. The Kier molecular flexibility index (Phi) is 7.87. The summed E-state index contributed by atoms with van der Waals surface area (Å²) in [4.78, 5) is 24.8. The highest BCUT2D eigenvalue weighted by molar-refractivity contribution is 5.89. The summed E-state index contributed by atoms with van der Waals surface area (Å²) in [7, 11) is 0. The van der Waals surface area contributed by atoms with Crippen LogP contribution < -0.4 is 11.2 Å². The number of hydrazine groups is 1. The molecule has 2 aromatic carbocycles. The van der Waals surface area contributed by atoms with Crippen LogP contribution in [0.25, 0.3) is 0 Å². The second-order valence-electron chi connectivity index (χ2n) is 6.94. The molecule has 0 aliphatic heterocycles. The Morgan fingerprint density at radius 1 is 1.06 bits per heavy atom. The van der Waals surface area contributed by atoms with Gasteiger partial charge in [0.1, 0.15) is 0 Å². The fraction of sp³-hybridized carbons (Fsp3) is 0.333. The second-order valence-corrected chi connectivity index (χ2v) is 6.94. The van der Waals surface area contributed by atoms with E-state index in [1.54, 1.807) is 18.2 Å². The number of carbonyl (C=O) groups excluding carboxylic acids is 2. The van der Waals surface area contributed by atoms with Crippen LogP contribution in [-0.4, -0.2) is 29.5 Å².